The summed E-state index contributed by atoms with van der Waals surface area (Å²) in [5.74, 6) is -0.635. The zero-order chi connectivity index (χ0) is 30.2. The molecule has 0 fully saturated rings. The SMILES string of the molecule is CC(C)NC(=O)[C@@H](Cc1ccccc1)N(Cc1c(Cl)cccc1Cl)C(=O)CCCN(c1ccc(Cl)cc1)S(C)(=O)=O. The lowest BCUT2D eigenvalue weighted by Gasteiger charge is -2.33. The lowest BCUT2D eigenvalue weighted by atomic mass is 10.0. The standard InChI is InChI=1S/C30H34Cl3N3O4S/c1-21(2)34-30(38)28(19-22-9-5-4-6-10-22)35(20-25-26(32)11-7-12-27(25)33)29(37)13-8-18-36(41(3,39)40)24-16-14-23(31)15-17-24/h4-7,9-12,14-17,21,28H,8,13,18-20H2,1-3H3,(H,34,38)/t28-/m1/s1. The van der Waals surface area contributed by atoms with Crippen LogP contribution >= 0.6 is 34.8 Å². The second kappa shape index (κ2) is 14.9. The third-order valence-corrected chi connectivity index (χ3v) is 8.51. The van der Waals surface area contributed by atoms with E-state index in [0.29, 0.717) is 26.3 Å². The largest absolute Gasteiger partial charge is 0.352 e. The summed E-state index contributed by atoms with van der Waals surface area (Å²) in [5.41, 5.74) is 1.85. The lowest BCUT2D eigenvalue weighted by molar-refractivity contribution is -0.141. The number of carbonyl (C=O) groups excluding carboxylic acids is 2. The van der Waals surface area contributed by atoms with Crippen LogP contribution < -0.4 is 9.62 Å². The van der Waals surface area contributed by atoms with Crippen LogP contribution in [0.15, 0.2) is 72.8 Å². The number of carbonyl (C=O) groups is 2. The van der Waals surface area contributed by atoms with Gasteiger partial charge in [0, 0.05) is 52.6 Å². The number of sulfonamides is 1. The minimum atomic E-state index is -3.63. The molecular weight excluding hydrogens is 605 g/mol. The second-order valence-corrected chi connectivity index (χ2v) is 13.2. The molecule has 0 aliphatic heterocycles. The van der Waals surface area contributed by atoms with Gasteiger partial charge in [-0.1, -0.05) is 71.2 Å². The van der Waals surface area contributed by atoms with Gasteiger partial charge in [0.05, 0.1) is 11.9 Å². The van der Waals surface area contributed by atoms with E-state index in [2.05, 4.69) is 5.32 Å². The fourth-order valence-corrected chi connectivity index (χ4v) is 6.01. The molecule has 1 N–H and O–H groups in total. The summed E-state index contributed by atoms with van der Waals surface area (Å²) in [4.78, 5) is 28.9. The molecule has 3 rings (SSSR count). The third-order valence-electron chi connectivity index (χ3n) is 6.36. The van der Waals surface area contributed by atoms with Crippen molar-refractivity contribution in [3.05, 3.63) is 99.0 Å². The molecule has 0 aliphatic carbocycles. The zero-order valence-corrected chi connectivity index (χ0v) is 26.3. The molecule has 220 valence electrons. The molecule has 41 heavy (non-hydrogen) atoms. The number of halogens is 3. The monoisotopic (exact) mass is 637 g/mol. The number of hydrogen-bond donors (Lipinski definition) is 1. The molecule has 0 aliphatic rings. The number of nitrogens with zero attached hydrogens (tertiary/aromatic N) is 2. The Balaban J connectivity index is 1.92. The number of amides is 2. The maximum Gasteiger partial charge on any atom is 0.243 e. The van der Waals surface area contributed by atoms with Gasteiger partial charge in [0.15, 0.2) is 0 Å². The van der Waals surface area contributed by atoms with E-state index in [1.54, 1.807) is 42.5 Å². The molecule has 0 heterocycles. The van der Waals surface area contributed by atoms with E-state index >= 15 is 0 Å². The highest BCUT2D eigenvalue weighted by Crippen LogP contribution is 2.28. The van der Waals surface area contributed by atoms with Crippen LogP contribution in [0, 0.1) is 0 Å². The van der Waals surface area contributed by atoms with Gasteiger partial charge in [-0.3, -0.25) is 13.9 Å². The Morgan fingerprint density at radius 2 is 1.49 bits per heavy atom. The molecule has 0 spiro atoms. The van der Waals surface area contributed by atoms with Crippen molar-refractivity contribution >= 4 is 62.3 Å². The molecule has 2 amide bonds. The maximum absolute atomic E-state index is 13.9. The lowest BCUT2D eigenvalue weighted by Crippen LogP contribution is -2.52. The van der Waals surface area contributed by atoms with Crippen LogP contribution in [0.4, 0.5) is 5.69 Å². The molecule has 0 saturated heterocycles. The van der Waals surface area contributed by atoms with Crippen molar-refractivity contribution in [1.29, 1.82) is 0 Å². The highest BCUT2D eigenvalue weighted by Gasteiger charge is 2.31. The van der Waals surface area contributed by atoms with Gasteiger partial charge in [-0.05, 0) is 62.2 Å². The highest BCUT2D eigenvalue weighted by molar-refractivity contribution is 7.92. The summed E-state index contributed by atoms with van der Waals surface area (Å²) in [7, 11) is -3.63. The Kier molecular flexibility index (Phi) is 11.9. The first kappa shape index (κ1) is 32.7. The highest BCUT2D eigenvalue weighted by atomic mass is 35.5. The summed E-state index contributed by atoms with van der Waals surface area (Å²) in [6, 6.07) is 19.9. The van der Waals surface area contributed by atoms with Crippen molar-refractivity contribution in [1.82, 2.24) is 10.2 Å². The first-order chi connectivity index (χ1) is 19.4. The Labute approximate surface area is 257 Å². The number of rotatable bonds is 13. The van der Waals surface area contributed by atoms with Gasteiger partial charge in [-0.25, -0.2) is 8.42 Å². The van der Waals surface area contributed by atoms with Crippen LogP contribution in [-0.2, 0) is 32.6 Å². The van der Waals surface area contributed by atoms with E-state index in [1.165, 1.54) is 9.21 Å². The first-order valence-corrected chi connectivity index (χ1v) is 16.1. The molecule has 0 saturated carbocycles. The molecule has 0 unspecified atom stereocenters. The van der Waals surface area contributed by atoms with Gasteiger partial charge in [0.25, 0.3) is 0 Å². The van der Waals surface area contributed by atoms with Crippen molar-refractivity contribution in [3.8, 4) is 0 Å². The van der Waals surface area contributed by atoms with Crippen molar-refractivity contribution in [3.63, 3.8) is 0 Å². The van der Waals surface area contributed by atoms with Crippen molar-refractivity contribution in [2.75, 3.05) is 17.1 Å². The van der Waals surface area contributed by atoms with Gasteiger partial charge in [-0.2, -0.15) is 0 Å². The average Bonchev–Trinajstić information content (AvgIpc) is 2.90. The van der Waals surface area contributed by atoms with E-state index in [9.17, 15) is 18.0 Å². The van der Waals surface area contributed by atoms with Crippen LogP contribution in [0.2, 0.25) is 15.1 Å². The molecule has 0 bridgehead atoms. The Hall–Kier alpha value is -2.78. The number of benzene rings is 3. The summed E-state index contributed by atoms with van der Waals surface area (Å²) in [6.45, 7) is 3.78. The predicted molar refractivity (Wildman–Crippen MR) is 167 cm³/mol. The Morgan fingerprint density at radius 3 is 2.05 bits per heavy atom. The van der Waals surface area contributed by atoms with Gasteiger partial charge in [-0.15, -0.1) is 0 Å². The maximum atomic E-state index is 13.9. The number of nitrogens with one attached hydrogen (secondary N) is 1. The van der Waals surface area contributed by atoms with E-state index in [-0.39, 0.29) is 50.2 Å². The molecule has 1 atom stereocenters. The fraction of sp³-hybridized carbons (Fsp3) is 0.333. The van der Waals surface area contributed by atoms with Crippen LogP contribution in [0.3, 0.4) is 0 Å². The predicted octanol–water partition coefficient (Wildman–Crippen LogP) is 6.36. The van der Waals surface area contributed by atoms with Crippen molar-refractivity contribution in [2.24, 2.45) is 0 Å². The number of hydrogen-bond acceptors (Lipinski definition) is 4. The summed E-state index contributed by atoms with van der Waals surface area (Å²) >= 11 is 18.9. The fourth-order valence-electron chi connectivity index (χ4n) is 4.40. The molecule has 11 heteroatoms. The van der Waals surface area contributed by atoms with Crippen LogP contribution in [0.25, 0.3) is 0 Å². The molecule has 0 aromatic heterocycles. The van der Waals surface area contributed by atoms with Gasteiger partial charge >= 0.3 is 0 Å². The molecule has 3 aromatic rings. The van der Waals surface area contributed by atoms with Crippen LogP contribution in [-0.4, -0.2) is 50.0 Å². The van der Waals surface area contributed by atoms with Crippen molar-refractivity contribution < 1.29 is 18.0 Å². The molecule has 3 aromatic carbocycles. The second-order valence-electron chi connectivity index (χ2n) is 10.0. The topological polar surface area (TPSA) is 86.8 Å². The van der Waals surface area contributed by atoms with Gasteiger partial charge < -0.3 is 10.2 Å². The normalized spacial score (nSPS) is 12.2. The molecule has 0 radical (unpaired) electrons. The van der Waals surface area contributed by atoms with Crippen molar-refractivity contribution in [2.45, 2.75) is 51.7 Å². The summed E-state index contributed by atoms with van der Waals surface area (Å²) in [6.07, 6.45) is 1.59. The minimum absolute atomic E-state index is 0.00727. The Bertz CT molecular complexity index is 1410. The average molecular weight is 639 g/mol. The zero-order valence-electron chi connectivity index (χ0n) is 23.2. The summed E-state index contributed by atoms with van der Waals surface area (Å²) in [5, 5.41) is 4.18. The first-order valence-electron chi connectivity index (χ1n) is 13.2. The minimum Gasteiger partial charge on any atom is -0.352 e. The van der Waals surface area contributed by atoms with E-state index in [4.69, 9.17) is 34.8 Å². The van der Waals surface area contributed by atoms with Gasteiger partial charge in [0.2, 0.25) is 21.8 Å². The van der Waals surface area contributed by atoms with Crippen LogP contribution in [0.5, 0.6) is 0 Å². The quantitative estimate of drug-likeness (QED) is 0.236. The molecule has 7 nitrogen and oxygen atoms in total. The Morgan fingerprint density at radius 1 is 0.878 bits per heavy atom. The molecular formula is C30H34Cl3N3O4S. The smallest absolute Gasteiger partial charge is 0.243 e. The van der Waals surface area contributed by atoms with E-state index < -0.39 is 16.1 Å². The van der Waals surface area contributed by atoms with Crippen LogP contribution in [0.1, 0.15) is 37.8 Å². The van der Waals surface area contributed by atoms with E-state index in [0.717, 1.165) is 11.8 Å². The van der Waals surface area contributed by atoms with E-state index in [1.807, 2.05) is 44.2 Å². The van der Waals surface area contributed by atoms with Gasteiger partial charge in [0.1, 0.15) is 6.04 Å². The third kappa shape index (κ3) is 9.64. The number of anilines is 1. The summed E-state index contributed by atoms with van der Waals surface area (Å²) < 4.78 is 26.4.